The molecule has 2 aromatic carbocycles. The fraction of sp³-hybridized carbons (Fsp3) is 0.263. The molecule has 0 aliphatic carbocycles. The van der Waals surface area contributed by atoms with Crippen LogP contribution < -0.4 is 0 Å². The van der Waals surface area contributed by atoms with Crippen LogP contribution in [0.2, 0.25) is 5.02 Å². The molecule has 25 heavy (non-hydrogen) atoms. The third-order valence-corrected chi connectivity index (χ3v) is 3.91. The van der Waals surface area contributed by atoms with Crippen molar-refractivity contribution in [3.8, 4) is 0 Å². The third kappa shape index (κ3) is 4.73. The van der Waals surface area contributed by atoms with E-state index in [1.807, 2.05) is 30.3 Å². The van der Waals surface area contributed by atoms with Gasteiger partial charge in [0.15, 0.2) is 5.78 Å². The van der Waals surface area contributed by atoms with Gasteiger partial charge in [-0.2, -0.15) is 10.2 Å². The average Bonchev–Trinajstić information content (AvgIpc) is 2.60. The number of ketones is 1. The third-order valence-electron chi connectivity index (χ3n) is 3.66. The molecule has 130 valence electrons. The first-order valence-corrected chi connectivity index (χ1v) is 8.26. The van der Waals surface area contributed by atoms with Crippen LogP contribution in [0.5, 0.6) is 0 Å². The first kappa shape index (κ1) is 18.8. The molecule has 2 aromatic rings. The number of hydrogen-bond donors (Lipinski definition) is 0. The molecule has 0 radical (unpaired) electrons. The molecule has 0 fully saturated rings. The number of benzene rings is 2. The fourth-order valence-electron chi connectivity index (χ4n) is 2.28. The zero-order valence-corrected chi connectivity index (χ0v) is 14.9. The van der Waals surface area contributed by atoms with Gasteiger partial charge in [0.1, 0.15) is 0 Å². The number of nitrogens with zero attached hydrogens (tertiary/aromatic N) is 2. The second-order valence-electron chi connectivity index (χ2n) is 5.48. The lowest BCUT2D eigenvalue weighted by Crippen LogP contribution is -2.46. The molecular weight excluding hydrogens is 340 g/mol. The van der Waals surface area contributed by atoms with Crippen LogP contribution in [0, 0.1) is 0 Å². The van der Waals surface area contributed by atoms with Crippen molar-refractivity contribution in [2.45, 2.75) is 25.8 Å². The van der Waals surface area contributed by atoms with Gasteiger partial charge < -0.3 is 4.74 Å². The smallest absolute Gasteiger partial charge is 0.344 e. The second-order valence-corrected chi connectivity index (χ2v) is 5.91. The lowest BCUT2D eigenvalue weighted by atomic mass is 9.88. The minimum absolute atomic E-state index is 0.0824. The van der Waals surface area contributed by atoms with Crippen molar-refractivity contribution in [3.05, 3.63) is 65.2 Å². The zero-order chi connectivity index (χ0) is 18.3. The first-order valence-electron chi connectivity index (χ1n) is 7.88. The molecule has 0 heterocycles. The summed E-state index contributed by atoms with van der Waals surface area (Å²) >= 11 is 5.85. The van der Waals surface area contributed by atoms with Crippen LogP contribution in [0.15, 0.2) is 64.8 Å². The van der Waals surface area contributed by atoms with Crippen molar-refractivity contribution < 1.29 is 14.3 Å². The van der Waals surface area contributed by atoms with E-state index < -0.39 is 17.3 Å². The van der Waals surface area contributed by atoms with Crippen molar-refractivity contribution in [1.29, 1.82) is 0 Å². The maximum atomic E-state index is 12.6. The van der Waals surface area contributed by atoms with Crippen LogP contribution in [-0.2, 0) is 20.7 Å². The molecular formula is C19H19ClN2O3. The van der Waals surface area contributed by atoms with Crippen molar-refractivity contribution >= 4 is 29.0 Å². The highest BCUT2D eigenvalue weighted by Gasteiger charge is 2.46. The van der Waals surface area contributed by atoms with Gasteiger partial charge in [0.25, 0.3) is 0 Å². The Hall–Kier alpha value is -2.53. The summed E-state index contributed by atoms with van der Waals surface area (Å²) in [6, 6.07) is 15.8. The highest BCUT2D eigenvalue weighted by molar-refractivity contribution is 6.30. The first-order chi connectivity index (χ1) is 12.0. The van der Waals surface area contributed by atoms with Crippen molar-refractivity contribution in [2.24, 2.45) is 10.2 Å². The van der Waals surface area contributed by atoms with Gasteiger partial charge in [-0.05, 0) is 43.7 Å². The fourth-order valence-corrected chi connectivity index (χ4v) is 2.41. The van der Waals surface area contributed by atoms with E-state index in [4.69, 9.17) is 16.3 Å². The van der Waals surface area contributed by atoms with E-state index in [2.05, 4.69) is 10.2 Å². The summed E-state index contributed by atoms with van der Waals surface area (Å²) in [6.45, 7) is 3.15. The molecule has 0 spiro atoms. The van der Waals surface area contributed by atoms with Crippen molar-refractivity contribution in [1.82, 2.24) is 0 Å². The average molecular weight is 359 g/mol. The number of Topliss-reactive ketones (excluding diaryl/α,β-unsaturated/α-hetero) is 1. The largest absolute Gasteiger partial charge is 0.464 e. The number of ether oxygens (including phenoxy) is 1. The topological polar surface area (TPSA) is 68.1 Å². The van der Waals surface area contributed by atoms with E-state index in [9.17, 15) is 9.59 Å². The van der Waals surface area contributed by atoms with Gasteiger partial charge in [0, 0.05) is 11.4 Å². The minimum Gasteiger partial charge on any atom is -0.464 e. The number of carbonyl (C=O) groups is 2. The molecule has 0 aliphatic heterocycles. The van der Waals surface area contributed by atoms with E-state index in [1.54, 1.807) is 31.2 Å². The summed E-state index contributed by atoms with van der Waals surface area (Å²) in [4.78, 5) is 25.0. The van der Waals surface area contributed by atoms with Crippen LogP contribution in [-0.4, -0.2) is 23.9 Å². The van der Waals surface area contributed by atoms with Gasteiger partial charge in [-0.3, -0.25) is 4.79 Å². The quantitative estimate of drug-likeness (QED) is 0.414. The molecule has 0 saturated heterocycles. The maximum absolute atomic E-state index is 12.6. The van der Waals surface area contributed by atoms with Gasteiger partial charge in [0.2, 0.25) is 5.54 Å². The van der Waals surface area contributed by atoms with Gasteiger partial charge >= 0.3 is 5.97 Å². The zero-order valence-electron chi connectivity index (χ0n) is 14.1. The molecule has 2 rings (SSSR count). The summed E-state index contributed by atoms with van der Waals surface area (Å²) in [6.07, 6.45) is 0.0824. The van der Waals surface area contributed by atoms with Crippen LogP contribution in [0.25, 0.3) is 0 Å². The molecule has 0 aromatic heterocycles. The monoisotopic (exact) mass is 358 g/mol. The number of hydrogen-bond acceptors (Lipinski definition) is 5. The molecule has 0 saturated carbocycles. The number of esters is 1. The van der Waals surface area contributed by atoms with Crippen molar-refractivity contribution in [2.75, 3.05) is 6.61 Å². The van der Waals surface area contributed by atoms with Crippen molar-refractivity contribution in [3.63, 3.8) is 0 Å². The van der Waals surface area contributed by atoms with Gasteiger partial charge in [-0.1, -0.05) is 41.9 Å². The Morgan fingerprint density at radius 1 is 1.08 bits per heavy atom. The Kier molecular flexibility index (Phi) is 6.42. The van der Waals surface area contributed by atoms with E-state index in [0.29, 0.717) is 10.7 Å². The standard InChI is InChI=1S/C19H19ClN2O3/c1-3-25-18(24)19(14(2)23,13-15-7-5-4-6-8-15)22-21-17-11-9-16(20)10-12-17/h4-12H,3,13H2,1-2H3/t19-/m0/s1. The van der Waals surface area contributed by atoms with Crippen LogP contribution >= 0.6 is 11.6 Å². The highest BCUT2D eigenvalue weighted by Crippen LogP contribution is 2.25. The summed E-state index contributed by atoms with van der Waals surface area (Å²) in [5.41, 5.74) is -0.426. The molecule has 5 nitrogen and oxygen atoms in total. The predicted octanol–water partition coefficient (Wildman–Crippen LogP) is 4.56. The summed E-state index contributed by atoms with van der Waals surface area (Å²) in [5, 5.41) is 8.77. The Morgan fingerprint density at radius 3 is 2.28 bits per heavy atom. The molecule has 0 bridgehead atoms. The number of carbonyl (C=O) groups excluding carboxylic acids is 2. The minimum atomic E-state index is -1.71. The molecule has 1 atom stereocenters. The predicted molar refractivity (Wildman–Crippen MR) is 96.2 cm³/mol. The van der Waals surface area contributed by atoms with Gasteiger partial charge in [-0.15, -0.1) is 0 Å². The SMILES string of the molecule is CCOC(=O)[C@@](Cc1ccccc1)(N=Nc1ccc(Cl)cc1)C(C)=O. The van der Waals surface area contributed by atoms with E-state index in [-0.39, 0.29) is 13.0 Å². The van der Waals surface area contributed by atoms with Gasteiger partial charge in [-0.25, -0.2) is 4.79 Å². The van der Waals surface area contributed by atoms with E-state index in [1.165, 1.54) is 6.92 Å². The summed E-state index contributed by atoms with van der Waals surface area (Å²) in [7, 11) is 0. The molecule has 0 unspecified atom stereocenters. The van der Waals surface area contributed by atoms with Crippen LogP contribution in [0.1, 0.15) is 19.4 Å². The maximum Gasteiger partial charge on any atom is 0.344 e. The number of azo groups is 1. The molecule has 0 N–H and O–H groups in total. The summed E-state index contributed by atoms with van der Waals surface area (Å²) in [5.74, 6) is -1.13. The lowest BCUT2D eigenvalue weighted by Gasteiger charge is -2.23. The van der Waals surface area contributed by atoms with E-state index in [0.717, 1.165) is 5.56 Å². The van der Waals surface area contributed by atoms with Crippen LogP contribution in [0.4, 0.5) is 5.69 Å². The van der Waals surface area contributed by atoms with E-state index >= 15 is 0 Å². The Balaban J connectivity index is 2.43. The molecule has 0 aliphatic rings. The van der Waals surface area contributed by atoms with Gasteiger partial charge in [0.05, 0.1) is 12.3 Å². The Morgan fingerprint density at radius 2 is 1.72 bits per heavy atom. The molecule has 6 heteroatoms. The Labute approximate surface area is 151 Å². The lowest BCUT2D eigenvalue weighted by molar-refractivity contribution is -0.153. The normalized spacial score (nSPS) is 13.4. The Bertz CT molecular complexity index is 760. The number of rotatable bonds is 7. The second kappa shape index (κ2) is 8.53. The molecule has 0 amide bonds. The van der Waals surface area contributed by atoms with Crippen LogP contribution in [0.3, 0.4) is 0 Å². The summed E-state index contributed by atoms with van der Waals surface area (Å²) < 4.78 is 5.11. The number of halogens is 1. The highest BCUT2D eigenvalue weighted by atomic mass is 35.5.